The summed E-state index contributed by atoms with van der Waals surface area (Å²) in [7, 11) is 0. The molecule has 1 unspecified atom stereocenters. The maximum absolute atomic E-state index is 9.95. The number of hydrogen-bond acceptors (Lipinski definition) is 1. The highest BCUT2D eigenvalue weighted by atomic mass is 16.4. The Morgan fingerprint density at radius 1 is 1.40 bits per heavy atom. The summed E-state index contributed by atoms with van der Waals surface area (Å²) in [5.41, 5.74) is 0. The summed E-state index contributed by atoms with van der Waals surface area (Å²) >= 11 is 0. The molecule has 2 nitrogen and oxygen atoms in total. The van der Waals surface area contributed by atoms with Gasteiger partial charge in [0, 0.05) is 11.8 Å². The quantitative estimate of drug-likeness (QED) is 0.558. The normalized spacial score (nSPS) is 12.0. The summed E-state index contributed by atoms with van der Waals surface area (Å²) in [6.07, 6.45) is 0. The van der Waals surface area contributed by atoms with E-state index in [1.807, 2.05) is 20.8 Å². The van der Waals surface area contributed by atoms with Crippen molar-refractivity contribution in [3.05, 3.63) is 0 Å². The van der Waals surface area contributed by atoms with E-state index in [1.165, 1.54) is 0 Å². The summed E-state index contributed by atoms with van der Waals surface area (Å²) in [6.45, 7) is 5.95. The van der Waals surface area contributed by atoms with Crippen molar-refractivity contribution in [2.24, 2.45) is 11.8 Å². The second kappa shape index (κ2) is 3.94. The second-order valence-electron chi connectivity index (χ2n) is 2.61. The van der Waals surface area contributed by atoms with Crippen LogP contribution in [0.2, 0.25) is 0 Å². The van der Waals surface area contributed by atoms with Gasteiger partial charge in [0.15, 0.2) is 0 Å². The van der Waals surface area contributed by atoms with E-state index in [-0.39, 0.29) is 5.92 Å². The van der Waals surface area contributed by atoms with Gasteiger partial charge in [-0.3, -0.25) is 0 Å². The lowest BCUT2D eigenvalue weighted by molar-refractivity contribution is -0.130. The molecule has 56 valence electrons. The first-order valence-corrected chi connectivity index (χ1v) is 3.28. The largest absolute Gasteiger partial charge is 0.472 e. The minimum atomic E-state index is -1.05. The van der Waals surface area contributed by atoms with Crippen molar-refractivity contribution in [3.8, 4) is 11.8 Å². The lowest BCUT2D eigenvalue weighted by atomic mass is 9.99. The summed E-state index contributed by atoms with van der Waals surface area (Å²) in [4.78, 5) is 9.95. The molecule has 0 aliphatic rings. The molecule has 1 N–H and O–H groups in total. The lowest BCUT2D eigenvalue weighted by Gasteiger charge is -2.05. The zero-order valence-electron chi connectivity index (χ0n) is 6.51. The molecule has 10 heavy (non-hydrogen) atoms. The van der Waals surface area contributed by atoms with Crippen LogP contribution in [0.4, 0.5) is 0 Å². The third kappa shape index (κ3) is 3.96. The lowest BCUT2D eigenvalue weighted by Crippen LogP contribution is -2.01. The highest BCUT2D eigenvalue weighted by molar-refractivity contribution is 5.86. The van der Waals surface area contributed by atoms with Crippen LogP contribution in [0.15, 0.2) is 0 Å². The van der Waals surface area contributed by atoms with Crippen LogP contribution in [0.25, 0.3) is 0 Å². The molecule has 0 aliphatic carbocycles. The predicted molar refractivity (Wildman–Crippen MR) is 39.4 cm³/mol. The van der Waals surface area contributed by atoms with Crippen molar-refractivity contribution < 1.29 is 9.90 Å². The van der Waals surface area contributed by atoms with E-state index in [0.717, 1.165) is 0 Å². The van der Waals surface area contributed by atoms with Gasteiger partial charge in [-0.1, -0.05) is 26.7 Å². The van der Waals surface area contributed by atoms with Crippen molar-refractivity contribution in [1.29, 1.82) is 0 Å². The number of rotatable bonds is 1. The Balaban J connectivity index is 3.92. The fourth-order valence-electron chi connectivity index (χ4n) is 0.342. The monoisotopic (exact) mass is 140 g/mol. The first-order valence-electron chi connectivity index (χ1n) is 3.28. The molecule has 0 aromatic carbocycles. The third-order valence-corrected chi connectivity index (χ3v) is 1.41. The van der Waals surface area contributed by atoms with Gasteiger partial charge in [0.25, 0.3) is 0 Å². The number of aliphatic carboxylic acids is 1. The SMILES string of the molecule is CC(C)C(C)C#CC(=O)O. The van der Waals surface area contributed by atoms with Crippen LogP contribution >= 0.6 is 0 Å². The van der Waals surface area contributed by atoms with Crippen molar-refractivity contribution in [3.63, 3.8) is 0 Å². The Morgan fingerprint density at radius 3 is 2.20 bits per heavy atom. The van der Waals surface area contributed by atoms with Crippen molar-refractivity contribution in [2.45, 2.75) is 20.8 Å². The summed E-state index contributed by atoms with van der Waals surface area (Å²) in [6, 6.07) is 0. The Bertz CT molecular complexity index is 171. The zero-order chi connectivity index (χ0) is 8.15. The van der Waals surface area contributed by atoms with Crippen LogP contribution in [-0.4, -0.2) is 11.1 Å². The fraction of sp³-hybridized carbons (Fsp3) is 0.625. The highest BCUT2D eigenvalue weighted by Crippen LogP contribution is 2.06. The molecular formula is C8H12O2. The number of hydrogen-bond donors (Lipinski definition) is 1. The van der Waals surface area contributed by atoms with E-state index < -0.39 is 5.97 Å². The summed E-state index contributed by atoms with van der Waals surface area (Å²) in [5.74, 6) is 4.26. The van der Waals surface area contributed by atoms with Crippen molar-refractivity contribution >= 4 is 5.97 Å². The molecule has 2 heteroatoms. The maximum atomic E-state index is 9.95. The molecule has 1 atom stereocenters. The zero-order valence-corrected chi connectivity index (χ0v) is 6.51. The van der Waals surface area contributed by atoms with Crippen molar-refractivity contribution in [1.82, 2.24) is 0 Å². The first-order chi connectivity index (χ1) is 4.54. The average molecular weight is 140 g/mol. The standard InChI is InChI=1S/C8H12O2/c1-6(2)7(3)4-5-8(9)10/h6-7H,1-3H3,(H,9,10). The Morgan fingerprint density at radius 2 is 1.90 bits per heavy atom. The first kappa shape index (κ1) is 9.03. The molecule has 0 saturated carbocycles. The van der Waals surface area contributed by atoms with Gasteiger partial charge in [-0.2, -0.15) is 0 Å². The van der Waals surface area contributed by atoms with Gasteiger partial charge >= 0.3 is 5.97 Å². The molecule has 0 spiro atoms. The highest BCUT2D eigenvalue weighted by Gasteiger charge is 2.01. The van der Waals surface area contributed by atoms with E-state index in [9.17, 15) is 4.79 Å². The topological polar surface area (TPSA) is 37.3 Å². The minimum absolute atomic E-state index is 0.163. The molecule has 0 aliphatic heterocycles. The van der Waals surface area contributed by atoms with E-state index in [0.29, 0.717) is 5.92 Å². The molecule has 0 radical (unpaired) electrons. The Hall–Kier alpha value is -0.970. The number of carboxylic acids is 1. The van der Waals surface area contributed by atoms with Crippen LogP contribution in [0.3, 0.4) is 0 Å². The number of carboxylic acid groups (broad SMARTS) is 1. The van der Waals surface area contributed by atoms with E-state index in [2.05, 4.69) is 11.8 Å². The summed E-state index contributed by atoms with van der Waals surface area (Å²) in [5, 5.41) is 8.17. The van der Waals surface area contributed by atoms with E-state index in [1.54, 1.807) is 0 Å². The smallest absolute Gasteiger partial charge is 0.381 e. The molecule has 0 bridgehead atoms. The van der Waals surface area contributed by atoms with Crippen molar-refractivity contribution in [2.75, 3.05) is 0 Å². The fourth-order valence-corrected chi connectivity index (χ4v) is 0.342. The van der Waals surface area contributed by atoms with Gasteiger partial charge in [0.05, 0.1) is 0 Å². The third-order valence-electron chi connectivity index (χ3n) is 1.41. The van der Waals surface area contributed by atoms with Crippen LogP contribution in [-0.2, 0) is 4.79 Å². The average Bonchev–Trinajstić information content (AvgIpc) is 1.82. The molecule has 0 rings (SSSR count). The molecule has 0 aromatic rings. The predicted octanol–water partition coefficient (Wildman–Crippen LogP) is 1.37. The van der Waals surface area contributed by atoms with Gasteiger partial charge in [-0.05, 0) is 5.92 Å². The van der Waals surface area contributed by atoms with E-state index >= 15 is 0 Å². The van der Waals surface area contributed by atoms with Crippen LogP contribution < -0.4 is 0 Å². The Kier molecular flexibility index (Phi) is 3.56. The Labute approximate surface area is 61.2 Å². The van der Waals surface area contributed by atoms with Gasteiger partial charge in [-0.15, -0.1) is 0 Å². The van der Waals surface area contributed by atoms with Crippen LogP contribution in [0.5, 0.6) is 0 Å². The molecular weight excluding hydrogens is 128 g/mol. The van der Waals surface area contributed by atoms with Crippen LogP contribution in [0.1, 0.15) is 20.8 Å². The maximum Gasteiger partial charge on any atom is 0.381 e. The van der Waals surface area contributed by atoms with Gasteiger partial charge in [0.2, 0.25) is 0 Å². The van der Waals surface area contributed by atoms with Gasteiger partial charge < -0.3 is 5.11 Å². The minimum Gasteiger partial charge on any atom is -0.472 e. The number of carbonyl (C=O) groups is 1. The molecule has 0 fully saturated rings. The van der Waals surface area contributed by atoms with Gasteiger partial charge in [-0.25, -0.2) is 4.79 Å². The van der Waals surface area contributed by atoms with E-state index in [4.69, 9.17) is 5.11 Å². The molecule has 0 saturated heterocycles. The van der Waals surface area contributed by atoms with Gasteiger partial charge in [0.1, 0.15) is 0 Å². The molecule has 0 heterocycles. The molecule has 0 amide bonds. The molecule has 0 aromatic heterocycles. The van der Waals surface area contributed by atoms with Crippen LogP contribution in [0, 0.1) is 23.7 Å². The summed E-state index contributed by atoms with van der Waals surface area (Å²) < 4.78 is 0. The second-order valence-corrected chi connectivity index (χ2v) is 2.61.